The van der Waals surface area contributed by atoms with Crippen molar-refractivity contribution in [1.82, 2.24) is 30.3 Å². The molecule has 32 heavy (non-hydrogen) atoms. The van der Waals surface area contributed by atoms with Crippen LogP contribution in [0.2, 0.25) is 0 Å². The van der Waals surface area contributed by atoms with Crippen molar-refractivity contribution in [3.8, 4) is 17.0 Å². The zero-order valence-corrected chi connectivity index (χ0v) is 17.8. The summed E-state index contributed by atoms with van der Waals surface area (Å²) in [7, 11) is 1.63. The Morgan fingerprint density at radius 2 is 2.12 bits per heavy atom. The van der Waals surface area contributed by atoms with Gasteiger partial charge in [-0.25, -0.2) is 4.98 Å². The van der Waals surface area contributed by atoms with Gasteiger partial charge in [0.1, 0.15) is 23.2 Å². The van der Waals surface area contributed by atoms with Gasteiger partial charge in [-0.05, 0) is 43.5 Å². The molecule has 2 aromatic heterocycles. The summed E-state index contributed by atoms with van der Waals surface area (Å²) in [6.45, 7) is 0.468. The number of nitrogens with zero attached hydrogens (tertiary/aromatic N) is 5. The summed E-state index contributed by atoms with van der Waals surface area (Å²) < 4.78 is 13.0. The number of amides is 1. The van der Waals surface area contributed by atoms with Gasteiger partial charge in [-0.1, -0.05) is 5.21 Å². The maximum absolute atomic E-state index is 12.3. The number of aliphatic hydroxyl groups is 1. The molecule has 1 aliphatic rings. The third-order valence-electron chi connectivity index (χ3n) is 5.51. The highest BCUT2D eigenvalue weighted by molar-refractivity contribution is 5.92. The van der Waals surface area contributed by atoms with Crippen molar-refractivity contribution in [1.29, 1.82) is 0 Å². The normalized spacial score (nSPS) is 20.6. The summed E-state index contributed by atoms with van der Waals surface area (Å²) in [5.74, 6) is 0.470. The third-order valence-corrected chi connectivity index (χ3v) is 5.51. The zero-order chi connectivity index (χ0) is 22.3. The summed E-state index contributed by atoms with van der Waals surface area (Å²) in [6, 6.07) is 7.38. The molecule has 1 aromatic carbocycles. The number of hydrogen-bond donors (Lipinski definition) is 2. The second-order valence-corrected chi connectivity index (χ2v) is 7.61. The topological polar surface area (TPSA) is 124 Å². The van der Waals surface area contributed by atoms with Crippen molar-refractivity contribution in [2.24, 2.45) is 0 Å². The molecule has 1 amide bonds. The van der Waals surface area contributed by atoms with Crippen LogP contribution in [0.4, 0.5) is 0 Å². The van der Waals surface area contributed by atoms with Gasteiger partial charge in [0.15, 0.2) is 0 Å². The first-order valence-electron chi connectivity index (χ1n) is 10.5. The summed E-state index contributed by atoms with van der Waals surface area (Å²) in [6.07, 6.45) is 7.98. The van der Waals surface area contributed by atoms with Crippen LogP contribution in [0.1, 0.15) is 29.8 Å². The lowest BCUT2D eigenvalue weighted by molar-refractivity contribution is -0.0912. The van der Waals surface area contributed by atoms with E-state index in [1.807, 2.05) is 30.5 Å². The smallest absolute Gasteiger partial charge is 0.271 e. The Morgan fingerprint density at radius 3 is 2.84 bits per heavy atom. The van der Waals surface area contributed by atoms with E-state index >= 15 is 0 Å². The van der Waals surface area contributed by atoms with Crippen molar-refractivity contribution in [2.45, 2.75) is 44.1 Å². The Kier molecular flexibility index (Phi) is 7.03. The van der Waals surface area contributed by atoms with E-state index in [1.54, 1.807) is 11.8 Å². The molecule has 3 atom stereocenters. The van der Waals surface area contributed by atoms with E-state index in [0.29, 0.717) is 13.0 Å². The molecule has 0 aliphatic carbocycles. The molecule has 2 N–H and O–H groups in total. The molecule has 1 saturated heterocycles. The fourth-order valence-corrected chi connectivity index (χ4v) is 3.75. The van der Waals surface area contributed by atoms with Gasteiger partial charge in [-0.2, -0.15) is 0 Å². The minimum absolute atomic E-state index is 0.0366. The molecule has 1 fully saturated rings. The molecular formula is C22H26N6O4. The van der Waals surface area contributed by atoms with Crippen molar-refractivity contribution in [3.05, 3.63) is 54.7 Å². The fourth-order valence-electron chi connectivity index (χ4n) is 3.75. The fraction of sp³-hybridized carbons (Fsp3) is 0.409. The average molecular weight is 438 g/mol. The number of aliphatic hydroxyl groups excluding tert-OH is 1. The number of benzene rings is 1. The molecule has 4 rings (SSSR count). The van der Waals surface area contributed by atoms with Crippen LogP contribution < -0.4 is 10.1 Å². The van der Waals surface area contributed by atoms with Gasteiger partial charge in [0.25, 0.3) is 5.91 Å². The predicted octanol–water partition coefficient (Wildman–Crippen LogP) is 1.47. The second kappa shape index (κ2) is 10.3. The molecule has 0 spiro atoms. The number of aryl methyl sites for hydroxylation is 1. The lowest BCUT2D eigenvalue weighted by atomic mass is 9.97. The van der Waals surface area contributed by atoms with Crippen molar-refractivity contribution in [3.63, 3.8) is 0 Å². The Morgan fingerprint density at radius 1 is 1.28 bits per heavy atom. The first-order chi connectivity index (χ1) is 15.7. The van der Waals surface area contributed by atoms with Crippen LogP contribution in [-0.4, -0.2) is 67.9 Å². The molecule has 0 unspecified atom stereocenters. The van der Waals surface area contributed by atoms with Gasteiger partial charge in [0.2, 0.25) is 0 Å². The van der Waals surface area contributed by atoms with Gasteiger partial charge in [-0.15, -0.1) is 5.10 Å². The number of aromatic nitrogens is 5. The van der Waals surface area contributed by atoms with E-state index in [4.69, 9.17) is 9.47 Å². The number of hydrogen-bond acceptors (Lipinski definition) is 8. The van der Waals surface area contributed by atoms with Crippen LogP contribution in [0.25, 0.3) is 11.3 Å². The lowest BCUT2D eigenvalue weighted by Crippen LogP contribution is -2.51. The van der Waals surface area contributed by atoms with Crippen LogP contribution in [-0.2, 0) is 11.3 Å². The van der Waals surface area contributed by atoms with Crippen LogP contribution in [0.15, 0.2) is 49.1 Å². The standard InChI is InChI=1S/C22H26N6O4/c1-31-16-4-2-15(3-5-16)20-13-28(27-26-20)11-8-17-6-7-18(21(14-29)32-17)25-22(30)19-12-23-9-10-24-19/h2-5,9-10,12-13,17-18,21,29H,6-8,11,14H2,1H3,(H,25,30)/t17-,18+,21+/m1/s1. The van der Waals surface area contributed by atoms with E-state index in [-0.39, 0.29) is 30.4 Å². The summed E-state index contributed by atoms with van der Waals surface area (Å²) in [5, 5.41) is 21.1. The van der Waals surface area contributed by atoms with E-state index in [2.05, 4.69) is 25.6 Å². The van der Waals surface area contributed by atoms with E-state index in [0.717, 1.165) is 29.8 Å². The number of carbonyl (C=O) groups is 1. The Labute approximate surface area is 185 Å². The monoisotopic (exact) mass is 438 g/mol. The maximum Gasteiger partial charge on any atom is 0.271 e. The Balaban J connectivity index is 1.29. The van der Waals surface area contributed by atoms with Crippen molar-refractivity contribution in [2.75, 3.05) is 13.7 Å². The molecule has 1 aliphatic heterocycles. The quantitative estimate of drug-likeness (QED) is 0.542. The first-order valence-corrected chi connectivity index (χ1v) is 10.5. The van der Waals surface area contributed by atoms with Gasteiger partial charge < -0.3 is 19.9 Å². The SMILES string of the molecule is COc1ccc(-c2cn(CC[C@H]3CC[C@H](NC(=O)c4cnccn4)[C@H](CO)O3)nn2)cc1. The van der Waals surface area contributed by atoms with Crippen LogP contribution in [0.5, 0.6) is 5.75 Å². The van der Waals surface area contributed by atoms with E-state index < -0.39 is 6.10 Å². The van der Waals surface area contributed by atoms with Crippen LogP contribution in [0, 0.1) is 0 Å². The maximum atomic E-state index is 12.3. The molecule has 10 heteroatoms. The number of methoxy groups -OCH3 is 1. The molecule has 168 valence electrons. The third kappa shape index (κ3) is 5.27. The summed E-state index contributed by atoms with van der Waals surface area (Å²) >= 11 is 0. The summed E-state index contributed by atoms with van der Waals surface area (Å²) in [5.41, 5.74) is 2.00. The number of rotatable bonds is 8. The molecule has 0 radical (unpaired) electrons. The highest BCUT2D eigenvalue weighted by atomic mass is 16.5. The van der Waals surface area contributed by atoms with E-state index in [9.17, 15) is 9.90 Å². The molecule has 3 aromatic rings. The van der Waals surface area contributed by atoms with E-state index in [1.165, 1.54) is 18.6 Å². The van der Waals surface area contributed by atoms with Crippen LogP contribution in [0.3, 0.4) is 0 Å². The summed E-state index contributed by atoms with van der Waals surface area (Å²) in [4.78, 5) is 20.3. The predicted molar refractivity (Wildman–Crippen MR) is 115 cm³/mol. The van der Waals surface area contributed by atoms with Gasteiger partial charge in [0.05, 0.1) is 38.3 Å². The highest BCUT2D eigenvalue weighted by Gasteiger charge is 2.32. The number of nitrogens with one attached hydrogen (secondary N) is 1. The number of carbonyl (C=O) groups excluding carboxylic acids is 1. The first kappa shape index (κ1) is 21.8. The molecule has 10 nitrogen and oxygen atoms in total. The average Bonchev–Trinajstić information content (AvgIpc) is 3.33. The second-order valence-electron chi connectivity index (χ2n) is 7.61. The molecular weight excluding hydrogens is 412 g/mol. The van der Waals surface area contributed by atoms with Crippen molar-refractivity contribution >= 4 is 5.91 Å². The minimum atomic E-state index is -0.472. The van der Waals surface area contributed by atoms with Crippen molar-refractivity contribution < 1.29 is 19.4 Å². The minimum Gasteiger partial charge on any atom is -0.497 e. The lowest BCUT2D eigenvalue weighted by Gasteiger charge is -2.36. The molecule has 0 bridgehead atoms. The van der Waals surface area contributed by atoms with Gasteiger partial charge in [0, 0.05) is 24.5 Å². The Bertz CT molecular complexity index is 1010. The van der Waals surface area contributed by atoms with Gasteiger partial charge >= 0.3 is 0 Å². The zero-order valence-electron chi connectivity index (χ0n) is 17.8. The Hall–Kier alpha value is -3.37. The van der Waals surface area contributed by atoms with Gasteiger partial charge in [-0.3, -0.25) is 14.5 Å². The largest absolute Gasteiger partial charge is 0.497 e. The molecule has 0 saturated carbocycles. The number of ether oxygens (including phenoxy) is 2. The molecule has 3 heterocycles. The highest BCUT2D eigenvalue weighted by Crippen LogP contribution is 2.23. The van der Waals surface area contributed by atoms with Crippen LogP contribution >= 0.6 is 0 Å².